The molecule has 1 heterocycles. The summed E-state index contributed by atoms with van der Waals surface area (Å²) < 4.78 is 6.42. The van der Waals surface area contributed by atoms with E-state index in [0.717, 1.165) is 36.3 Å². The molecular weight excluding hydrogens is 306 g/mol. The third-order valence-electron chi connectivity index (χ3n) is 5.96. The van der Waals surface area contributed by atoms with Gasteiger partial charge in [0.1, 0.15) is 13.4 Å². The molecule has 0 aromatic rings. The summed E-state index contributed by atoms with van der Waals surface area (Å²) in [6, 6.07) is 7.44. The fraction of sp³-hybridized carbons (Fsp3) is 0.812. The van der Waals surface area contributed by atoms with Crippen LogP contribution in [0.3, 0.4) is 0 Å². The van der Waals surface area contributed by atoms with E-state index in [1.165, 1.54) is 0 Å². The second-order valence-corrected chi connectivity index (χ2v) is 16.6. The second-order valence-electron chi connectivity index (χ2n) is 6.41. The van der Waals surface area contributed by atoms with Gasteiger partial charge in [-0.1, -0.05) is 59.7 Å². The van der Waals surface area contributed by atoms with Crippen LogP contribution < -0.4 is 11.1 Å². The van der Waals surface area contributed by atoms with Gasteiger partial charge in [-0.15, -0.1) is 0 Å². The Morgan fingerprint density at radius 3 is 1.91 bits per heavy atom. The lowest BCUT2D eigenvalue weighted by Crippen LogP contribution is -2.63. The zero-order chi connectivity index (χ0) is 16.9. The Bertz CT molecular complexity index is 401. The van der Waals surface area contributed by atoms with Crippen molar-refractivity contribution in [1.29, 1.82) is 0 Å². The Hall–Kier alpha value is -0.596. The van der Waals surface area contributed by atoms with Crippen LogP contribution in [-0.4, -0.2) is 27.7 Å². The van der Waals surface area contributed by atoms with Gasteiger partial charge in [0.05, 0.1) is 0 Å². The summed E-state index contributed by atoms with van der Waals surface area (Å²) in [6.45, 7) is 13.5. The molecule has 0 amide bonds. The van der Waals surface area contributed by atoms with Crippen LogP contribution in [0.25, 0.3) is 0 Å². The molecule has 0 fully saturated rings. The highest BCUT2D eigenvalue weighted by molar-refractivity contribution is 6.83. The quantitative estimate of drug-likeness (QED) is 0.651. The Morgan fingerprint density at radius 2 is 1.50 bits per heavy atom. The van der Waals surface area contributed by atoms with E-state index in [-0.39, 0.29) is 0 Å². The predicted molar refractivity (Wildman–Crippen MR) is 102 cm³/mol. The minimum absolute atomic E-state index is 0.540. The molecule has 0 aromatic carbocycles. The highest BCUT2D eigenvalue weighted by Gasteiger charge is 2.47. The molecular formula is C16H35N3OSi2. The van der Waals surface area contributed by atoms with Crippen molar-refractivity contribution in [2.45, 2.75) is 83.1 Å². The summed E-state index contributed by atoms with van der Waals surface area (Å²) in [6.07, 6.45) is 4.01. The predicted octanol–water partition coefficient (Wildman–Crippen LogP) is 4.18. The van der Waals surface area contributed by atoms with Crippen molar-refractivity contribution in [3.05, 3.63) is 12.3 Å². The van der Waals surface area contributed by atoms with E-state index in [9.17, 15) is 0 Å². The smallest absolute Gasteiger partial charge is 0.276 e. The first-order valence-corrected chi connectivity index (χ1v) is 14.1. The highest BCUT2D eigenvalue weighted by atomic mass is 28.4. The largest absolute Gasteiger partial charge is 0.518 e. The SMILES string of the molecule is CC[Si](CC)(CC)OC1=NC(N)([Si](CC)(CC)CC)C=CN1. The molecule has 0 radical (unpaired) electrons. The van der Waals surface area contributed by atoms with Crippen LogP contribution in [-0.2, 0) is 4.43 Å². The van der Waals surface area contributed by atoms with E-state index in [0.29, 0.717) is 6.02 Å². The Morgan fingerprint density at radius 1 is 1.00 bits per heavy atom. The number of hydrogen-bond acceptors (Lipinski definition) is 4. The molecule has 22 heavy (non-hydrogen) atoms. The first-order chi connectivity index (χ1) is 10.4. The number of nitrogens with two attached hydrogens (primary N) is 1. The first-order valence-electron chi connectivity index (χ1n) is 8.92. The van der Waals surface area contributed by atoms with Gasteiger partial charge in [0.15, 0.2) is 0 Å². The van der Waals surface area contributed by atoms with Gasteiger partial charge >= 0.3 is 0 Å². The average Bonchev–Trinajstić information content (AvgIpc) is 2.55. The van der Waals surface area contributed by atoms with Crippen LogP contribution in [0.15, 0.2) is 17.3 Å². The molecule has 0 saturated heterocycles. The Labute approximate surface area is 138 Å². The summed E-state index contributed by atoms with van der Waals surface area (Å²) >= 11 is 0. The summed E-state index contributed by atoms with van der Waals surface area (Å²) in [5, 5.41) is 2.66. The van der Waals surface area contributed by atoms with Crippen molar-refractivity contribution >= 4 is 22.4 Å². The number of amidine groups is 1. The summed E-state index contributed by atoms with van der Waals surface area (Å²) in [4.78, 5) is 4.90. The average molecular weight is 342 g/mol. The molecule has 0 aromatic heterocycles. The standard InChI is InChI=1S/C16H35N3OSi2/c1-7-21(8-2,9-3)16(17)13-14-18-15(19-16)20-22(10-4,11-5)12-6/h13-14H,7-12,17H2,1-6H3,(H,18,19). The van der Waals surface area contributed by atoms with Crippen LogP contribution in [0.2, 0.25) is 36.3 Å². The number of aliphatic imine (C=N–C) groups is 1. The molecule has 0 bridgehead atoms. The molecule has 1 unspecified atom stereocenters. The second kappa shape index (κ2) is 7.79. The van der Waals surface area contributed by atoms with Gasteiger partial charge in [-0.25, -0.2) is 4.99 Å². The van der Waals surface area contributed by atoms with Gasteiger partial charge in [0.2, 0.25) is 0 Å². The molecule has 1 atom stereocenters. The van der Waals surface area contributed by atoms with E-state index >= 15 is 0 Å². The zero-order valence-corrected chi connectivity index (χ0v) is 17.3. The van der Waals surface area contributed by atoms with E-state index in [1.54, 1.807) is 0 Å². The topological polar surface area (TPSA) is 59.6 Å². The fourth-order valence-corrected chi connectivity index (χ4v) is 10.0. The lowest BCUT2D eigenvalue weighted by Gasteiger charge is -2.43. The molecule has 0 spiro atoms. The van der Waals surface area contributed by atoms with Gasteiger partial charge in [-0.3, -0.25) is 0 Å². The molecule has 0 saturated carbocycles. The van der Waals surface area contributed by atoms with E-state index in [1.807, 2.05) is 6.20 Å². The van der Waals surface area contributed by atoms with Gasteiger partial charge in [0, 0.05) is 6.20 Å². The zero-order valence-electron chi connectivity index (χ0n) is 15.3. The molecule has 1 aliphatic rings. The molecule has 1 aliphatic heterocycles. The fourth-order valence-electron chi connectivity index (χ4n) is 3.60. The van der Waals surface area contributed by atoms with Crippen molar-refractivity contribution < 1.29 is 4.43 Å². The van der Waals surface area contributed by atoms with Crippen molar-refractivity contribution in [1.82, 2.24) is 5.32 Å². The van der Waals surface area contributed by atoms with Crippen LogP contribution in [0.1, 0.15) is 41.5 Å². The minimum atomic E-state index is -1.72. The maximum absolute atomic E-state index is 6.79. The molecule has 6 heteroatoms. The molecule has 1 rings (SSSR count). The normalized spacial score (nSPS) is 22.2. The van der Waals surface area contributed by atoms with Crippen molar-refractivity contribution in [3.63, 3.8) is 0 Å². The lowest BCUT2D eigenvalue weighted by molar-refractivity contribution is 0.487. The van der Waals surface area contributed by atoms with Crippen LogP contribution >= 0.6 is 0 Å². The van der Waals surface area contributed by atoms with Crippen molar-refractivity contribution in [3.8, 4) is 0 Å². The highest BCUT2D eigenvalue weighted by Crippen LogP contribution is 2.34. The van der Waals surface area contributed by atoms with E-state index in [2.05, 4.69) is 52.9 Å². The third kappa shape index (κ3) is 3.49. The number of nitrogens with zero attached hydrogens (tertiary/aromatic N) is 1. The van der Waals surface area contributed by atoms with Crippen molar-refractivity contribution in [2.75, 3.05) is 0 Å². The molecule has 0 aliphatic carbocycles. The molecule has 4 nitrogen and oxygen atoms in total. The van der Waals surface area contributed by atoms with Gasteiger partial charge in [-0.05, 0) is 24.2 Å². The summed E-state index contributed by atoms with van der Waals surface area (Å²) in [5.74, 6) is 0. The van der Waals surface area contributed by atoms with Crippen LogP contribution in [0.5, 0.6) is 0 Å². The number of hydrogen-bond donors (Lipinski definition) is 2. The van der Waals surface area contributed by atoms with Crippen molar-refractivity contribution in [2.24, 2.45) is 10.7 Å². The summed E-state index contributed by atoms with van der Waals surface area (Å²) in [7, 11) is -3.41. The maximum Gasteiger partial charge on any atom is 0.276 e. The monoisotopic (exact) mass is 341 g/mol. The maximum atomic E-state index is 6.79. The molecule has 128 valence electrons. The lowest BCUT2D eigenvalue weighted by atomic mass is 10.4. The van der Waals surface area contributed by atoms with Gasteiger partial charge in [-0.2, -0.15) is 0 Å². The summed E-state index contributed by atoms with van der Waals surface area (Å²) in [5.41, 5.74) is 6.79. The first kappa shape index (κ1) is 19.5. The number of nitrogens with one attached hydrogen (secondary N) is 1. The van der Waals surface area contributed by atoms with E-state index < -0.39 is 21.7 Å². The molecule has 3 N–H and O–H groups in total. The van der Waals surface area contributed by atoms with E-state index in [4.69, 9.17) is 15.2 Å². The Kier molecular flexibility index (Phi) is 6.89. The third-order valence-corrected chi connectivity index (χ3v) is 16.5. The van der Waals surface area contributed by atoms with Crippen LogP contribution in [0.4, 0.5) is 0 Å². The van der Waals surface area contributed by atoms with Gasteiger partial charge < -0.3 is 15.5 Å². The Balaban J connectivity index is 3.13. The van der Waals surface area contributed by atoms with Crippen LogP contribution in [0, 0.1) is 0 Å². The minimum Gasteiger partial charge on any atom is -0.518 e. The number of rotatable bonds is 8. The van der Waals surface area contributed by atoms with Gasteiger partial charge in [0.25, 0.3) is 14.3 Å².